The number of nitrogens with two attached hydrogens (primary N) is 1. The quantitative estimate of drug-likeness (QED) is 0.298. The van der Waals surface area contributed by atoms with Gasteiger partial charge in [-0.15, -0.1) is 0 Å². The molecule has 0 spiro atoms. The number of carbonyl (C=O) groups excluding carboxylic acids is 4. The standard InChI is InChI=1S/C30H33BN4O7/c1-29(2)30(3,4)42-31(41-29)21-15-18(24(25(32)37)34-27(21)40-5)10-7-6-9-17-11-8-12-19-20(17)16-35(28(19)39)22-13-14-23(36)33-26(22)38/h8,11-12,15,22H,7,10,13-14,16H2,1-5H3,(H2,32,37)(H,33,36,38). The Hall–Kier alpha value is -4.21. The third kappa shape index (κ3) is 5.26. The Morgan fingerprint density at radius 3 is 2.57 bits per heavy atom. The van der Waals surface area contributed by atoms with E-state index in [4.69, 9.17) is 19.8 Å². The van der Waals surface area contributed by atoms with E-state index in [9.17, 15) is 19.2 Å². The zero-order valence-corrected chi connectivity index (χ0v) is 24.3. The summed E-state index contributed by atoms with van der Waals surface area (Å²) in [7, 11) is 0.707. The molecular formula is C30H33BN4O7. The number of hydrogen-bond donors (Lipinski definition) is 2. The zero-order valence-electron chi connectivity index (χ0n) is 24.3. The van der Waals surface area contributed by atoms with Gasteiger partial charge in [-0.3, -0.25) is 24.5 Å². The molecule has 0 saturated carbocycles. The Balaban J connectivity index is 1.36. The third-order valence-corrected chi connectivity index (χ3v) is 8.35. The van der Waals surface area contributed by atoms with Gasteiger partial charge in [0.2, 0.25) is 17.7 Å². The molecule has 218 valence electrons. The number of methoxy groups -OCH3 is 1. The van der Waals surface area contributed by atoms with Crippen LogP contribution in [0.5, 0.6) is 5.88 Å². The van der Waals surface area contributed by atoms with Gasteiger partial charge in [0, 0.05) is 36.0 Å². The number of aromatic nitrogens is 1. The number of nitrogens with one attached hydrogen (secondary N) is 1. The van der Waals surface area contributed by atoms with Crippen LogP contribution in [0.2, 0.25) is 0 Å². The highest BCUT2D eigenvalue weighted by molar-refractivity contribution is 6.63. The molecule has 2 fully saturated rings. The Kier molecular flexibility index (Phi) is 7.60. The minimum atomic E-state index is -0.749. The average molecular weight is 572 g/mol. The van der Waals surface area contributed by atoms with Crippen LogP contribution in [-0.2, 0) is 31.9 Å². The van der Waals surface area contributed by atoms with E-state index in [1.165, 1.54) is 12.0 Å². The van der Waals surface area contributed by atoms with Crippen molar-refractivity contribution in [1.82, 2.24) is 15.2 Å². The molecule has 1 atom stereocenters. The van der Waals surface area contributed by atoms with Crippen molar-refractivity contribution in [3.8, 4) is 17.7 Å². The van der Waals surface area contributed by atoms with Gasteiger partial charge in [0.05, 0.1) is 18.3 Å². The van der Waals surface area contributed by atoms with Crippen LogP contribution in [0.15, 0.2) is 24.3 Å². The Morgan fingerprint density at radius 2 is 1.93 bits per heavy atom. The summed E-state index contributed by atoms with van der Waals surface area (Å²) >= 11 is 0. The van der Waals surface area contributed by atoms with Gasteiger partial charge in [-0.1, -0.05) is 24.0 Å². The number of pyridine rings is 1. The van der Waals surface area contributed by atoms with Gasteiger partial charge in [-0.25, -0.2) is 4.98 Å². The lowest BCUT2D eigenvalue weighted by Gasteiger charge is -2.32. The molecule has 3 aliphatic heterocycles. The van der Waals surface area contributed by atoms with E-state index in [1.54, 1.807) is 18.2 Å². The maximum absolute atomic E-state index is 13.1. The molecule has 5 rings (SSSR count). The maximum atomic E-state index is 13.1. The smallest absolute Gasteiger partial charge is 0.481 e. The van der Waals surface area contributed by atoms with Crippen molar-refractivity contribution in [1.29, 1.82) is 0 Å². The lowest BCUT2D eigenvalue weighted by Crippen LogP contribution is -2.52. The van der Waals surface area contributed by atoms with Crippen LogP contribution in [0.4, 0.5) is 0 Å². The molecule has 1 unspecified atom stereocenters. The summed E-state index contributed by atoms with van der Waals surface area (Å²) in [5, 5.41) is 2.31. The molecule has 1 aromatic carbocycles. The third-order valence-electron chi connectivity index (χ3n) is 8.35. The van der Waals surface area contributed by atoms with Crippen molar-refractivity contribution in [2.45, 2.75) is 77.2 Å². The van der Waals surface area contributed by atoms with E-state index in [0.717, 1.165) is 5.56 Å². The van der Waals surface area contributed by atoms with Crippen molar-refractivity contribution < 1.29 is 33.2 Å². The van der Waals surface area contributed by atoms with E-state index in [1.807, 2.05) is 33.8 Å². The number of aryl methyl sites for hydroxylation is 1. The lowest BCUT2D eigenvalue weighted by atomic mass is 9.78. The number of nitrogens with zero attached hydrogens (tertiary/aromatic N) is 2. The largest absolute Gasteiger partial charge is 0.500 e. The normalized spacial score (nSPS) is 20.6. The van der Waals surface area contributed by atoms with E-state index in [2.05, 4.69) is 22.1 Å². The SMILES string of the molecule is COc1nc(C(N)=O)c(CCC#Cc2cccc3c2CN(C2CCC(=O)NC2=O)C3=O)cc1B1OC(C)(C)C(C)(C)O1. The van der Waals surface area contributed by atoms with Crippen LogP contribution in [0, 0.1) is 11.8 Å². The molecule has 2 saturated heterocycles. The van der Waals surface area contributed by atoms with Gasteiger partial charge in [-0.2, -0.15) is 0 Å². The molecule has 4 heterocycles. The Bertz CT molecular complexity index is 1540. The number of benzene rings is 1. The van der Waals surface area contributed by atoms with E-state index in [-0.39, 0.29) is 42.8 Å². The van der Waals surface area contributed by atoms with Crippen molar-refractivity contribution in [3.63, 3.8) is 0 Å². The topological polar surface area (TPSA) is 150 Å². The van der Waals surface area contributed by atoms with Crippen LogP contribution in [0.25, 0.3) is 0 Å². The van der Waals surface area contributed by atoms with Gasteiger partial charge < -0.3 is 24.7 Å². The fourth-order valence-electron chi connectivity index (χ4n) is 5.32. The number of piperidine rings is 1. The number of rotatable bonds is 6. The second-order valence-corrected chi connectivity index (χ2v) is 11.6. The van der Waals surface area contributed by atoms with Crippen molar-refractivity contribution >= 4 is 36.2 Å². The summed E-state index contributed by atoms with van der Waals surface area (Å²) in [4.78, 5) is 55.2. The first-order valence-electron chi connectivity index (χ1n) is 13.8. The van der Waals surface area contributed by atoms with Crippen LogP contribution in [-0.4, -0.2) is 65.0 Å². The van der Waals surface area contributed by atoms with E-state index >= 15 is 0 Å². The van der Waals surface area contributed by atoms with Crippen LogP contribution in [0.1, 0.15) is 84.5 Å². The molecule has 0 aliphatic carbocycles. The molecule has 11 nitrogen and oxygen atoms in total. The maximum Gasteiger partial charge on any atom is 0.500 e. The first kappa shape index (κ1) is 29.3. The summed E-state index contributed by atoms with van der Waals surface area (Å²) in [6, 6.07) is 6.37. The minimum absolute atomic E-state index is 0.0833. The van der Waals surface area contributed by atoms with Crippen LogP contribution < -0.4 is 21.3 Å². The lowest BCUT2D eigenvalue weighted by molar-refractivity contribution is -0.136. The zero-order chi connectivity index (χ0) is 30.4. The highest BCUT2D eigenvalue weighted by atomic mass is 16.7. The molecule has 12 heteroatoms. The molecule has 1 aromatic heterocycles. The number of fused-ring (bicyclic) bond motifs is 1. The molecule has 42 heavy (non-hydrogen) atoms. The molecule has 3 aliphatic rings. The number of primary amides is 1. The molecule has 0 bridgehead atoms. The van der Waals surface area contributed by atoms with Gasteiger partial charge in [0.1, 0.15) is 11.7 Å². The molecule has 0 radical (unpaired) electrons. The number of hydrogen-bond acceptors (Lipinski definition) is 8. The van der Waals surface area contributed by atoms with Crippen molar-refractivity contribution in [2.24, 2.45) is 5.73 Å². The van der Waals surface area contributed by atoms with Crippen molar-refractivity contribution in [2.75, 3.05) is 7.11 Å². The highest BCUT2D eigenvalue weighted by Gasteiger charge is 2.53. The summed E-state index contributed by atoms with van der Waals surface area (Å²) in [6.07, 6.45) is 1.21. The number of ether oxygens (including phenoxy) is 1. The summed E-state index contributed by atoms with van der Waals surface area (Å²) in [5.74, 6) is 4.74. The number of carbonyl (C=O) groups is 4. The number of imide groups is 1. The van der Waals surface area contributed by atoms with Gasteiger partial charge in [0.15, 0.2) is 0 Å². The monoisotopic (exact) mass is 572 g/mol. The van der Waals surface area contributed by atoms with Gasteiger partial charge in [-0.05, 0) is 63.8 Å². The van der Waals surface area contributed by atoms with Crippen molar-refractivity contribution in [3.05, 3.63) is 52.2 Å². The molecule has 3 N–H and O–H groups in total. The van der Waals surface area contributed by atoms with Gasteiger partial charge in [0.25, 0.3) is 11.8 Å². The summed E-state index contributed by atoms with van der Waals surface area (Å²) in [5.41, 5.74) is 7.62. The first-order chi connectivity index (χ1) is 19.8. The number of amides is 4. The summed E-state index contributed by atoms with van der Waals surface area (Å²) in [6.45, 7) is 8.01. The molecular weight excluding hydrogens is 539 g/mol. The molecule has 4 amide bonds. The predicted molar refractivity (Wildman–Crippen MR) is 153 cm³/mol. The predicted octanol–water partition coefficient (Wildman–Crippen LogP) is 1.23. The first-order valence-corrected chi connectivity index (χ1v) is 13.8. The Labute approximate surface area is 244 Å². The fourth-order valence-corrected chi connectivity index (χ4v) is 5.32. The second kappa shape index (κ2) is 10.9. The van der Waals surface area contributed by atoms with Gasteiger partial charge >= 0.3 is 7.12 Å². The average Bonchev–Trinajstić information content (AvgIpc) is 3.37. The highest BCUT2D eigenvalue weighted by Crippen LogP contribution is 2.37. The van der Waals surface area contributed by atoms with Crippen LogP contribution in [0.3, 0.4) is 0 Å². The minimum Gasteiger partial charge on any atom is -0.481 e. The van der Waals surface area contributed by atoms with E-state index in [0.29, 0.717) is 35.0 Å². The molecule has 2 aromatic rings. The summed E-state index contributed by atoms with van der Waals surface area (Å²) < 4.78 is 17.8. The second-order valence-electron chi connectivity index (χ2n) is 11.6. The fraction of sp³-hybridized carbons (Fsp3) is 0.433. The Morgan fingerprint density at radius 1 is 1.21 bits per heavy atom. The van der Waals surface area contributed by atoms with Crippen LogP contribution >= 0.6 is 0 Å². The van der Waals surface area contributed by atoms with E-state index < -0.39 is 36.2 Å².